The zero-order valence-corrected chi connectivity index (χ0v) is 3.89. The largest absolute Gasteiger partial charge is 0.198 e. The summed E-state index contributed by atoms with van der Waals surface area (Å²) in [5, 5.41) is 15.8. The van der Waals surface area contributed by atoms with Gasteiger partial charge in [-0.2, -0.15) is 10.5 Å². The molecule has 0 fully saturated rings. The second-order valence-electron chi connectivity index (χ2n) is 1.01. The molecule has 2 nitrogen and oxygen atoms in total. The first-order valence-electron chi connectivity index (χ1n) is 1.97. The van der Waals surface area contributed by atoms with Crippen LogP contribution >= 0.6 is 0 Å². The van der Waals surface area contributed by atoms with E-state index in [1.54, 1.807) is 6.42 Å². The Kier molecular flexibility index (Phi) is 4.25. The lowest BCUT2D eigenvalue weighted by molar-refractivity contribution is 1.12. The molecule has 0 aliphatic heterocycles. The van der Waals surface area contributed by atoms with E-state index < -0.39 is 0 Å². The van der Waals surface area contributed by atoms with Crippen LogP contribution in [0.1, 0.15) is 12.8 Å². The summed E-state index contributed by atoms with van der Waals surface area (Å²) in [6.07, 6.45) is 2.40. The third kappa shape index (κ3) is 4.98. The zero-order valence-electron chi connectivity index (χ0n) is 3.89. The van der Waals surface area contributed by atoms with Gasteiger partial charge in [-0.3, -0.25) is 0 Å². The fourth-order valence-electron chi connectivity index (χ4n) is 0.201. The molecule has 1 radical (unpaired) electrons. The Bertz CT molecular complexity index is 90.2. The van der Waals surface area contributed by atoms with Crippen LogP contribution in [0.2, 0.25) is 0 Å². The third-order valence-corrected chi connectivity index (χ3v) is 0.471. The normalized spacial score (nSPS) is 6.57. The number of unbranched alkanes of at least 4 members (excludes halogenated alkanes) is 2. The lowest BCUT2D eigenvalue weighted by Gasteiger charge is -1.74. The van der Waals surface area contributed by atoms with Crippen molar-refractivity contribution in [3.63, 3.8) is 0 Å². The van der Waals surface area contributed by atoms with Crippen molar-refractivity contribution in [2.45, 2.75) is 12.8 Å². The van der Waals surface area contributed by atoms with Crippen LogP contribution in [0.25, 0.3) is 0 Å². The summed E-state index contributed by atoms with van der Waals surface area (Å²) >= 11 is 0. The van der Waals surface area contributed by atoms with E-state index in [1.165, 1.54) is 0 Å². The van der Waals surface area contributed by atoms with Gasteiger partial charge in [-0.15, -0.1) is 0 Å². The maximum Gasteiger partial charge on any atom is 0.0625 e. The zero-order chi connectivity index (χ0) is 5.54. The van der Waals surface area contributed by atoms with Crippen molar-refractivity contribution in [1.29, 1.82) is 10.5 Å². The van der Waals surface area contributed by atoms with Gasteiger partial charge in [-0.05, 0) is 6.42 Å². The predicted octanol–water partition coefficient (Wildman–Crippen LogP) is 1.02. The summed E-state index contributed by atoms with van der Waals surface area (Å²) in [5.74, 6) is 0. The highest BCUT2D eigenvalue weighted by atomic mass is 14.2. The Morgan fingerprint density at radius 3 is 1.86 bits per heavy atom. The second kappa shape index (κ2) is 4.98. The Balaban J connectivity index is 2.77. The molecule has 0 amide bonds. The minimum absolute atomic E-state index is 0.383. The van der Waals surface area contributed by atoms with E-state index in [1.807, 2.05) is 12.1 Å². The molecule has 0 aromatic carbocycles. The fraction of sp³-hybridized carbons (Fsp3) is 0.400. The smallest absolute Gasteiger partial charge is 0.0625 e. The monoisotopic (exact) mass is 93.0 g/mol. The van der Waals surface area contributed by atoms with Gasteiger partial charge in [-0.25, -0.2) is 0 Å². The lowest BCUT2D eigenvalue weighted by Crippen LogP contribution is -1.67. The van der Waals surface area contributed by atoms with Gasteiger partial charge in [0.05, 0.1) is 12.1 Å². The Hall–Kier alpha value is -1.02. The fourth-order valence-corrected chi connectivity index (χ4v) is 0.201. The van der Waals surface area contributed by atoms with Gasteiger partial charge in [0, 0.05) is 12.8 Å². The highest BCUT2D eigenvalue weighted by molar-refractivity contribution is 4.87. The van der Waals surface area contributed by atoms with Crippen LogP contribution in [-0.4, -0.2) is 0 Å². The molecule has 0 aromatic rings. The van der Waals surface area contributed by atoms with Crippen LogP contribution in [0.5, 0.6) is 0 Å². The molecule has 0 aliphatic carbocycles. The van der Waals surface area contributed by atoms with E-state index in [0.717, 1.165) is 0 Å². The van der Waals surface area contributed by atoms with Crippen molar-refractivity contribution in [1.82, 2.24) is 0 Å². The van der Waals surface area contributed by atoms with Crippen LogP contribution in [0.4, 0.5) is 0 Å². The van der Waals surface area contributed by atoms with Crippen molar-refractivity contribution in [2.75, 3.05) is 0 Å². The molecule has 0 unspecified atom stereocenters. The van der Waals surface area contributed by atoms with Gasteiger partial charge in [0.2, 0.25) is 0 Å². The molecule has 0 aliphatic rings. The Morgan fingerprint density at radius 2 is 1.57 bits per heavy atom. The van der Waals surface area contributed by atoms with Crippen molar-refractivity contribution in [2.24, 2.45) is 0 Å². The first kappa shape index (κ1) is 5.98. The molecule has 0 aromatic heterocycles. The predicted molar refractivity (Wildman–Crippen MR) is 24.8 cm³/mol. The molecular weight excluding hydrogens is 88.1 g/mol. The van der Waals surface area contributed by atoms with Gasteiger partial charge in [-0.1, -0.05) is 0 Å². The number of nitriles is 2. The molecule has 0 saturated heterocycles. The number of hydrogen-bond acceptors (Lipinski definition) is 2. The van der Waals surface area contributed by atoms with E-state index in [4.69, 9.17) is 10.5 Å². The van der Waals surface area contributed by atoms with E-state index >= 15 is 0 Å². The van der Waals surface area contributed by atoms with Crippen molar-refractivity contribution in [3.05, 3.63) is 6.42 Å². The van der Waals surface area contributed by atoms with Crippen LogP contribution in [0.15, 0.2) is 0 Å². The molecule has 0 bridgehead atoms. The van der Waals surface area contributed by atoms with Crippen LogP contribution in [0.3, 0.4) is 0 Å². The summed E-state index contributed by atoms with van der Waals surface area (Å²) in [4.78, 5) is 0. The average Bonchev–Trinajstić information content (AvgIpc) is 1.69. The molecule has 0 heterocycles. The summed E-state index contributed by atoms with van der Waals surface area (Å²) in [6.45, 7) is 0. The molecule has 0 atom stereocenters. The molecule has 0 rings (SSSR count). The first-order chi connectivity index (χ1) is 3.41. The summed E-state index contributed by atoms with van der Waals surface area (Å²) in [7, 11) is 0. The summed E-state index contributed by atoms with van der Waals surface area (Å²) < 4.78 is 0. The van der Waals surface area contributed by atoms with Crippen molar-refractivity contribution < 1.29 is 0 Å². The Morgan fingerprint density at radius 1 is 1.14 bits per heavy atom. The lowest BCUT2D eigenvalue weighted by atomic mass is 10.3. The number of rotatable bonds is 2. The number of hydrogen-bond donors (Lipinski definition) is 0. The van der Waals surface area contributed by atoms with Crippen LogP contribution < -0.4 is 0 Å². The van der Waals surface area contributed by atoms with Gasteiger partial charge >= 0.3 is 0 Å². The minimum atomic E-state index is 0.383. The second-order valence-corrected chi connectivity index (χ2v) is 1.01. The molecule has 0 N–H and O–H groups in total. The van der Waals surface area contributed by atoms with Gasteiger partial charge in [0.15, 0.2) is 0 Å². The van der Waals surface area contributed by atoms with Crippen LogP contribution in [-0.2, 0) is 0 Å². The van der Waals surface area contributed by atoms with Gasteiger partial charge in [0.25, 0.3) is 0 Å². The molecule has 0 spiro atoms. The highest BCUT2D eigenvalue weighted by Gasteiger charge is 1.79. The topological polar surface area (TPSA) is 47.6 Å². The quantitative estimate of drug-likeness (QED) is 0.478. The highest BCUT2D eigenvalue weighted by Crippen LogP contribution is 1.86. The van der Waals surface area contributed by atoms with E-state index in [9.17, 15) is 0 Å². The molecule has 2 heteroatoms. The number of nitrogens with zero attached hydrogens (tertiary/aromatic N) is 2. The van der Waals surface area contributed by atoms with Crippen LogP contribution in [0, 0.1) is 29.1 Å². The van der Waals surface area contributed by atoms with Gasteiger partial charge < -0.3 is 0 Å². The Labute approximate surface area is 43.0 Å². The maximum atomic E-state index is 7.90. The minimum Gasteiger partial charge on any atom is -0.198 e. The van der Waals surface area contributed by atoms with Crippen molar-refractivity contribution in [3.8, 4) is 12.1 Å². The summed E-state index contributed by atoms with van der Waals surface area (Å²) in [6, 6.07) is 3.79. The van der Waals surface area contributed by atoms with Gasteiger partial charge in [0.1, 0.15) is 0 Å². The molecular formula is C5H5N2. The molecule has 35 valence electrons. The SMILES string of the molecule is N#CC[CH]CC#N. The van der Waals surface area contributed by atoms with Crippen molar-refractivity contribution >= 4 is 0 Å². The molecule has 7 heavy (non-hydrogen) atoms. The van der Waals surface area contributed by atoms with E-state index in [0.29, 0.717) is 12.8 Å². The third-order valence-electron chi connectivity index (χ3n) is 0.471. The standard InChI is InChI=1S/C5H5N2/c6-4-2-1-3-5-7/h1H,2-3H2. The average molecular weight is 93.1 g/mol. The van der Waals surface area contributed by atoms with E-state index in [-0.39, 0.29) is 0 Å². The maximum absolute atomic E-state index is 7.90. The summed E-state index contributed by atoms with van der Waals surface area (Å²) in [5.41, 5.74) is 0. The first-order valence-corrected chi connectivity index (χ1v) is 1.97. The molecule has 0 saturated carbocycles. The van der Waals surface area contributed by atoms with E-state index in [2.05, 4.69) is 0 Å².